The average molecular weight is 230 g/mol. The Kier molecular flexibility index (Phi) is 3.49. The lowest BCUT2D eigenvalue weighted by molar-refractivity contribution is 0.0948. The number of aromatic amines is 1. The molecule has 0 atom stereocenters. The fourth-order valence-corrected chi connectivity index (χ4v) is 1.54. The lowest BCUT2D eigenvalue weighted by Gasteiger charge is -2.05. The van der Waals surface area contributed by atoms with Gasteiger partial charge in [0.15, 0.2) is 0 Å². The molecule has 0 saturated heterocycles. The standard InChI is InChI=1S/C12H14N4O/c1-9-3-2-5-15-11(9)12(17)16-6-4-10-13-7-8-14-10/h2-3,5,7-8H,4,6H2,1H3,(H,13,14)(H,16,17). The molecule has 0 unspecified atom stereocenters. The lowest BCUT2D eigenvalue weighted by Crippen LogP contribution is -2.27. The lowest BCUT2D eigenvalue weighted by atomic mass is 10.2. The average Bonchev–Trinajstić information content (AvgIpc) is 2.82. The summed E-state index contributed by atoms with van der Waals surface area (Å²) in [6.45, 7) is 2.41. The molecular weight excluding hydrogens is 216 g/mol. The molecule has 0 fully saturated rings. The number of aryl methyl sites for hydroxylation is 1. The topological polar surface area (TPSA) is 70.7 Å². The summed E-state index contributed by atoms with van der Waals surface area (Å²) >= 11 is 0. The van der Waals surface area contributed by atoms with Crippen molar-refractivity contribution in [2.24, 2.45) is 0 Å². The Bertz CT molecular complexity index is 493. The number of imidazole rings is 1. The van der Waals surface area contributed by atoms with Crippen LogP contribution in [0.3, 0.4) is 0 Å². The molecule has 2 aromatic heterocycles. The van der Waals surface area contributed by atoms with Gasteiger partial charge < -0.3 is 10.3 Å². The minimum atomic E-state index is -0.144. The van der Waals surface area contributed by atoms with Gasteiger partial charge in [-0.25, -0.2) is 4.98 Å². The zero-order valence-corrected chi connectivity index (χ0v) is 9.60. The molecule has 5 nitrogen and oxygen atoms in total. The van der Waals surface area contributed by atoms with Gasteiger partial charge >= 0.3 is 0 Å². The summed E-state index contributed by atoms with van der Waals surface area (Å²) in [7, 11) is 0. The summed E-state index contributed by atoms with van der Waals surface area (Å²) in [5, 5.41) is 2.82. The minimum Gasteiger partial charge on any atom is -0.350 e. The molecular formula is C12H14N4O. The number of H-pyrrole nitrogens is 1. The van der Waals surface area contributed by atoms with Gasteiger partial charge in [0, 0.05) is 31.6 Å². The number of rotatable bonds is 4. The maximum atomic E-state index is 11.8. The third kappa shape index (κ3) is 2.90. The van der Waals surface area contributed by atoms with Gasteiger partial charge in [-0.1, -0.05) is 6.07 Å². The molecule has 0 spiro atoms. The predicted molar refractivity (Wildman–Crippen MR) is 63.6 cm³/mol. The molecule has 0 saturated carbocycles. The zero-order chi connectivity index (χ0) is 12.1. The van der Waals surface area contributed by atoms with Crippen molar-refractivity contribution in [3.8, 4) is 0 Å². The Morgan fingerprint density at radius 3 is 3.00 bits per heavy atom. The van der Waals surface area contributed by atoms with Gasteiger partial charge in [0.2, 0.25) is 0 Å². The van der Waals surface area contributed by atoms with E-state index in [1.54, 1.807) is 18.6 Å². The smallest absolute Gasteiger partial charge is 0.270 e. The second-order valence-electron chi connectivity index (χ2n) is 3.71. The Morgan fingerprint density at radius 1 is 1.41 bits per heavy atom. The van der Waals surface area contributed by atoms with Crippen LogP contribution in [0.25, 0.3) is 0 Å². The Morgan fingerprint density at radius 2 is 2.29 bits per heavy atom. The molecule has 0 aliphatic rings. The maximum absolute atomic E-state index is 11.8. The van der Waals surface area contributed by atoms with E-state index in [9.17, 15) is 4.79 Å². The number of amides is 1. The number of pyridine rings is 1. The van der Waals surface area contributed by atoms with Crippen LogP contribution in [0.1, 0.15) is 21.9 Å². The molecule has 0 radical (unpaired) electrons. The van der Waals surface area contributed by atoms with Crippen molar-refractivity contribution in [1.82, 2.24) is 20.3 Å². The molecule has 5 heteroatoms. The van der Waals surface area contributed by atoms with Gasteiger partial charge in [-0.3, -0.25) is 9.78 Å². The number of aromatic nitrogens is 3. The second-order valence-corrected chi connectivity index (χ2v) is 3.71. The second kappa shape index (κ2) is 5.25. The molecule has 0 aromatic carbocycles. The number of nitrogens with zero attached hydrogens (tertiary/aromatic N) is 2. The first-order valence-corrected chi connectivity index (χ1v) is 5.45. The van der Waals surface area contributed by atoms with Crippen molar-refractivity contribution in [3.63, 3.8) is 0 Å². The Balaban J connectivity index is 1.88. The summed E-state index contributed by atoms with van der Waals surface area (Å²) in [5.74, 6) is 0.720. The van der Waals surface area contributed by atoms with Crippen molar-refractivity contribution in [3.05, 3.63) is 47.8 Å². The summed E-state index contributed by atoms with van der Waals surface area (Å²) in [6.07, 6.45) is 5.76. The van der Waals surface area contributed by atoms with E-state index in [2.05, 4.69) is 20.3 Å². The van der Waals surface area contributed by atoms with Crippen LogP contribution in [-0.4, -0.2) is 27.4 Å². The van der Waals surface area contributed by atoms with Crippen molar-refractivity contribution in [2.45, 2.75) is 13.3 Å². The van der Waals surface area contributed by atoms with E-state index in [-0.39, 0.29) is 5.91 Å². The van der Waals surface area contributed by atoms with E-state index in [1.165, 1.54) is 0 Å². The quantitative estimate of drug-likeness (QED) is 0.825. The van der Waals surface area contributed by atoms with Gasteiger partial charge in [-0.05, 0) is 18.6 Å². The fourth-order valence-electron chi connectivity index (χ4n) is 1.54. The van der Waals surface area contributed by atoms with Crippen molar-refractivity contribution >= 4 is 5.91 Å². The molecule has 88 valence electrons. The highest BCUT2D eigenvalue weighted by Gasteiger charge is 2.08. The Hall–Kier alpha value is -2.17. The van der Waals surface area contributed by atoms with Crippen LogP contribution in [0, 0.1) is 6.92 Å². The monoisotopic (exact) mass is 230 g/mol. The van der Waals surface area contributed by atoms with Gasteiger partial charge in [0.05, 0.1) is 0 Å². The molecule has 1 amide bonds. The summed E-state index contributed by atoms with van der Waals surface area (Å²) in [6, 6.07) is 3.68. The summed E-state index contributed by atoms with van der Waals surface area (Å²) in [5.41, 5.74) is 1.36. The Labute approximate surface area is 99.3 Å². The highest BCUT2D eigenvalue weighted by molar-refractivity contribution is 5.93. The van der Waals surface area contributed by atoms with Crippen molar-refractivity contribution in [2.75, 3.05) is 6.54 Å². The first kappa shape index (κ1) is 11.3. The predicted octanol–water partition coefficient (Wildman–Crippen LogP) is 1.09. The van der Waals surface area contributed by atoms with Crippen LogP contribution in [0.2, 0.25) is 0 Å². The molecule has 2 heterocycles. The van der Waals surface area contributed by atoms with Crippen molar-refractivity contribution in [1.29, 1.82) is 0 Å². The third-order valence-corrected chi connectivity index (χ3v) is 2.43. The molecule has 0 aliphatic carbocycles. The molecule has 2 N–H and O–H groups in total. The highest BCUT2D eigenvalue weighted by Crippen LogP contribution is 2.02. The SMILES string of the molecule is Cc1cccnc1C(=O)NCCc1ncc[nH]1. The van der Waals surface area contributed by atoms with Crippen LogP contribution in [0.5, 0.6) is 0 Å². The molecule has 0 aliphatic heterocycles. The van der Waals surface area contributed by atoms with E-state index < -0.39 is 0 Å². The first-order chi connectivity index (χ1) is 8.27. The zero-order valence-electron chi connectivity index (χ0n) is 9.60. The number of carbonyl (C=O) groups is 1. The van der Waals surface area contributed by atoms with Gasteiger partial charge in [0.1, 0.15) is 11.5 Å². The number of nitrogens with one attached hydrogen (secondary N) is 2. The normalized spacial score (nSPS) is 10.2. The molecule has 0 bridgehead atoms. The number of hydrogen-bond acceptors (Lipinski definition) is 3. The first-order valence-electron chi connectivity index (χ1n) is 5.45. The van der Waals surface area contributed by atoms with E-state index in [0.29, 0.717) is 18.7 Å². The highest BCUT2D eigenvalue weighted by atomic mass is 16.1. The van der Waals surface area contributed by atoms with Gasteiger partial charge in [0.25, 0.3) is 5.91 Å². The summed E-state index contributed by atoms with van der Waals surface area (Å²) in [4.78, 5) is 22.9. The molecule has 17 heavy (non-hydrogen) atoms. The fraction of sp³-hybridized carbons (Fsp3) is 0.250. The maximum Gasteiger partial charge on any atom is 0.270 e. The number of carbonyl (C=O) groups excluding carboxylic acids is 1. The molecule has 2 rings (SSSR count). The van der Waals surface area contributed by atoms with Crippen LogP contribution < -0.4 is 5.32 Å². The van der Waals surface area contributed by atoms with E-state index in [0.717, 1.165) is 11.4 Å². The van der Waals surface area contributed by atoms with Crippen molar-refractivity contribution < 1.29 is 4.79 Å². The summed E-state index contributed by atoms with van der Waals surface area (Å²) < 4.78 is 0. The minimum absolute atomic E-state index is 0.144. The van der Waals surface area contributed by atoms with E-state index >= 15 is 0 Å². The van der Waals surface area contributed by atoms with Crippen LogP contribution in [0.4, 0.5) is 0 Å². The van der Waals surface area contributed by atoms with E-state index in [4.69, 9.17) is 0 Å². The number of hydrogen-bond donors (Lipinski definition) is 2. The third-order valence-electron chi connectivity index (χ3n) is 2.43. The van der Waals surface area contributed by atoms with Crippen LogP contribution >= 0.6 is 0 Å². The van der Waals surface area contributed by atoms with Crippen LogP contribution in [0.15, 0.2) is 30.7 Å². The van der Waals surface area contributed by atoms with Gasteiger partial charge in [-0.15, -0.1) is 0 Å². The van der Waals surface area contributed by atoms with Gasteiger partial charge in [-0.2, -0.15) is 0 Å². The largest absolute Gasteiger partial charge is 0.350 e. The van der Waals surface area contributed by atoms with Crippen LogP contribution in [-0.2, 0) is 6.42 Å². The van der Waals surface area contributed by atoms with E-state index in [1.807, 2.05) is 19.1 Å². The molecule has 2 aromatic rings.